The number of hydrogen-bond donors (Lipinski definition) is 9. The molecular weight excluding hydrogens is 1420 g/mol. The zero-order valence-electron chi connectivity index (χ0n) is 63.5. The summed E-state index contributed by atoms with van der Waals surface area (Å²) in [6.45, 7) is 21.8. The Labute approximate surface area is 634 Å². The minimum atomic E-state index is -1.12. The molecule has 0 aliphatic rings. The number of Topliss-reactive ketones (excluding diaryl/α,β-unsaturated/α-hetero) is 9. The van der Waals surface area contributed by atoms with Gasteiger partial charge >= 0.3 is 0 Å². The van der Waals surface area contributed by atoms with E-state index in [1.165, 1.54) is 93.9 Å². The van der Waals surface area contributed by atoms with E-state index >= 15 is 0 Å². The van der Waals surface area contributed by atoms with Gasteiger partial charge in [0.05, 0.1) is 58.7 Å². The molecule has 0 heterocycles. The van der Waals surface area contributed by atoms with E-state index in [0.29, 0.717) is 50.9 Å². The Balaban J connectivity index is 0.000000321. The van der Waals surface area contributed by atoms with Crippen LogP contribution in [0.5, 0.6) is 63.2 Å². The molecule has 576 valence electrons. The van der Waals surface area contributed by atoms with E-state index < -0.39 is 29.0 Å². The zero-order chi connectivity index (χ0) is 83.3. The molecule has 0 fully saturated rings. The summed E-state index contributed by atoms with van der Waals surface area (Å²) in [6, 6.07) is 47.6. The average Bonchev–Trinajstić information content (AvgIpc) is 0.789. The molecule has 0 bridgehead atoms. The maximum atomic E-state index is 12.6. The molecule has 0 spiro atoms. The molecule has 0 saturated heterocycles. The molecule has 0 amide bonds. The van der Waals surface area contributed by atoms with Crippen LogP contribution in [0, 0.1) is 52.1 Å². The fraction of sp³-hybridized carbons (Fsp3) is 0.184. The van der Waals surface area contributed by atoms with Crippen LogP contribution in [0.2, 0.25) is 0 Å². The van der Waals surface area contributed by atoms with Gasteiger partial charge in [0.1, 0.15) is 74.7 Å². The van der Waals surface area contributed by atoms with E-state index in [1.54, 1.807) is 79.7 Å². The van der Waals surface area contributed by atoms with Gasteiger partial charge in [0, 0.05) is 17.5 Å². The van der Waals surface area contributed by atoms with Gasteiger partial charge in [0.15, 0.2) is 63.6 Å². The van der Waals surface area contributed by atoms with Gasteiger partial charge in [-0.3, -0.25) is 43.2 Å². The second-order valence-electron chi connectivity index (χ2n) is 24.5. The van der Waals surface area contributed by atoms with Crippen molar-refractivity contribution in [3.63, 3.8) is 0 Å². The number of phenolic OH excluding ortho intramolecular Hbond substituents is 9. The number of rotatable bonds is 11. The zero-order valence-corrected chi connectivity index (χ0v) is 63.5. The molecule has 0 atom stereocenters. The topological polar surface area (TPSA) is 354 Å². The van der Waals surface area contributed by atoms with Crippen molar-refractivity contribution in [1.29, 1.82) is 0 Å². The van der Waals surface area contributed by atoms with E-state index in [2.05, 4.69) is 0 Å². The van der Waals surface area contributed by atoms with E-state index in [1.807, 2.05) is 82.3 Å². The monoisotopic (exact) mass is 1510 g/mol. The summed E-state index contributed by atoms with van der Waals surface area (Å²) in [4.78, 5) is 98.5. The van der Waals surface area contributed by atoms with Gasteiger partial charge in [0.2, 0.25) is 0 Å². The van der Waals surface area contributed by atoms with Crippen LogP contribution in [0.15, 0.2) is 182 Å². The molecular formula is C87H87F3O20. The van der Waals surface area contributed by atoms with E-state index in [0.717, 1.165) is 80.6 Å². The molecule has 23 heteroatoms. The highest BCUT2D eigenvalue weighted by atomic mass is 19.1. The number of aromatic hydroxyl groups is 9. The summed E-state index contributed by atoms with van der Waals surface area (Å²) in [5, 5.41) is 87.3. The first-order valence-electron chi connectivity index (χ1n) is 33.3. The first kappa shape index (κ1) is 90.8. The standard InChI is InChI=1S/2C12H10O2.2C10H12O2.2C9H10O3.C9H10O2.C8H6F2O2.C8H7FO2/c1-8(13)10-7-6-9-4-2-3-5-11(9)12(10)14;1-8(13)12-10-5-3-2-4-9(10)6-7-11(12)14;1-6-4-9(8(3)11)10(12)5-7(6)2;1-6-4-7(2)10(12)9(5-6)8(3)11;1-6(10)8-4-3-7(12-2)5-9(8)11;1-6(10)9-7(11)4-3-5-8(9)12-2;1-6-3-4-9(11)8(5-6)7(2)10;1-4(11)6-2-5(9)3-7(10)8(6)12;1-5(10)7-4-6(9)2-3-8(7)11/h2*2-7,14H,1H3;2*4-5,12H,1-3H3;2*3-5,11H,1-2H3;3-5,11H,1-2H3;2-3,12H,1H3;2-4,11H,1H3. The number of fused-ring (bicyclic) bond motifs is 2. The highest BCUT2D eigenvalue weighted by molar-refractivity contribution is 6.09. The van der Waals surface area contributed by atoms with Crippen molar-refractivity contribution in [2.75, 3.05) is 14.2 Å². The molecule has 9 N–H and O–H groups in total. The predicted molar refractivity (Wildman–Crippen MR) is 415 cm³/mol. The van der Waals surface area contributed by atoms with Crippen molar-refractivity contribution >= 4 is 73.6 Å². The van der Waals surface area contributed by atoms with Crippen LogP contribution in [-0.2, 0) is 0 Å². The van der Waals surface area contributed by atoms with Crippen LogP contribution >= 0.6 is 0 Å². The molecule has 0 saturated carbocycles. The van der Waals surface area contributed by atoms with Crippen molar-refractivity contribution in [2.24, 2.45) is 0 Å². The number of carbonyl (C=O) groups excluding carboxylic acids is 9. The number of ketones is 9. The summed E-state index contributed by atoms with van der Waals surface area (Å²) in [5.74, 6) is -4.09. The number of methoxy groups -OCH3 is 2. The first-order chi connectivity index (χ1) is 51.5. The Morgan fingerprint density at radius 2 is 0.709 bits per heavy atom. The van der Waals surface area contributed by atoms with Gasteiger partial charge in [0.25, 0.3) is 0 Å². The van der Waals surface area contributed by atoms with Gasteiger partial charge in [-0.15, -0.1) is 0 Å². The van der Waals surface area contributed by atoms with Crippen LogP contribution in [0.25, 0.3) is 21.5 Å². The SMILES string of the molecule is CC(=O)c1c(O)ccc2ccccc12.CC(=O)c1cc(C)c(C)cc1O.CC(=O)c1cc(C)cc(C)c1O.CC(=O)c1cc(C)ccc1O.CC(=O)c1cc(F)cc(F)c1O.CC(=O)c1cc(F)ccc1O.CC(=O)c1ccc2ccccc2c1O.COc1ccc(C(C)=O)c(O)c1.COc1cccc(O)c1C(C)=O. The highest BCUT2D eigenvalue weighted by Crippen LogP contribution is 2.32. The van der Waals surface area contributed by atoms with Gasteiger partial charge in [-0.2, -0.15) is 0 Å². The van der Waals surface area contributed by atoms with Crippen molar-refractivity contribution in [3.05, 3.63) is 277 Å². The second kappa shape index (κ2) is 42.6. The summed E-state index contributed by atoms with van der Waals surface area (Å²) in [7, 11) is 2.96. The third kappa shape index (κ3) is 26.9. The summed E-state index contributed by atoms with van der Waals surface area (Å²) < 4.78 is 47.2. The third-order valence-corrected chi connectivity index (χ3v) is 15.8. The van der Waals surface area contributed by atoms with Gasteiger partial charge in [-0.1, -0.05) is 84.4 Å². The summed E-state index contributed by atoms with van der Waals surface area (Å²) in [5.41, 5.74) is 6.97. The molecule has 0 aromatic heterocycles. The molecule has 0 radical (unpaired) electrons. The highest BCUT2D eigenvalue weighted by Gasteiger charge is 2.17. The van der Waals surface area contributed by atoms with Gasteiger partial charge in [-0.05, 0) is 226 Å². The first-order valence-corrected chi connectivity index (χ1v) is 33.3. The lowest BCUT2D eigenvalue weighted by Gasteiger charge is -2.06. The Kier molecular flexibility index (Phi) is 35.2. The van der Waals surface area contributed by atoms with E-state index in [-0.39, 0.29) is 109 Å². The summed E-state index contributed by atoms with van der Waals surface area (Å²) >= 11 is 0. The third-order valence-electron chi connectivity index (χ3n) is 15.8. The molecule has 20 nitrogen and oxygen atoms in total. The Morgan fingerprint density at radius 3 is 1.20 bits per heavy atom. The Hall–Kier alpha value is -13.4. The number of halogens is 3. The van der Waals surface area contributed by atoms with Crippen LogP contribution in [0.3, 0.4) is 0 Å². The second-order valence-corrected chi connectivity index (χ2v) is 24.5. The number of aryl methyl sites for hydroxylation is 5. The predicted octanol–water partition coefficient (Wildman–Crippen LogP) is 18.6. The summed E-state index contributed by atoms with van der Waals surface area (Å²) in [6.07, 6.45) is 0. The maximum Gasteiger partial charge on any atom is 0.168 e. The minimum Gasteiger partial charge on any atom is -0.507 e. The number of carbonyl (C=O) groups is 9. The van der Waals surface area contributed by atoms with Crippen molar-refractivity contribution in [2.45, 2.75) is 96.9 Å². The largest absolute Gasteiger partial charge is 0.507 e. The lowest BCUT2D eigenvalue weighted by atomic mass is 10.0. The minimum absolute atomic E-state index is 0.0185. The molecule has 11 rings (SSSR count). The van der Waals surface area contributed by atoms with Gasteiger partial charge < -0.3 is 55.4 Å². The van der Waals surface area contributed by atoms with Crippen molar-refractivity contribution < 1.29 is 112 Å². The van der Waals surface area contributed by atoms with E-state index in [9.17, 15) is 92.1 Å². The van der Waals surface area contributed by atoms with Crippen LogP contribution < -0.4 is 9.47 Å². The molecule has 0 aliphatic carbocycles. The number of ether oxygens (including phenoxy) is 2. The number of benzene rings is 11. The molecule has 11 aromatic carbocycles. The fourth-order valence-electron chi connectivity index (χ4n) is 10.0. The lowest BCUT2D eigenvalue weighted by Crippen LogP contribution is -1.97. The normalized spacial score (nSPS) is 9.88. The van der Waals surface area contributed by atoms with E-state index in [4.69, 9.17) is 19.7 Å². The Morgan fingerprint density at radius 1 is 0.282 bits per heavy atom. The maximum absolute atomic E-state index is 12.6. The molecule has 110 heavy (non-hydrogen) atoms. The van der Waals surface area contributed by atoms with Crippen molar-refractivity contribution in [3.8, 4) is 63.2 Å². The number of phenols is 9. The lowest BCUT2D eigenvalue weighted by molar-refractivity contribution is 0.0999. The number of hydrogen-bond acceptors (Lipinski definition) is 20. The molecule has 0 unspecified atom stereocenters. The van der Waals surface area contributed by atoms with Crippen molar-refractivity contribution in [1.82, 2.24) is 0 Å². The Bertz CT molecular complexity index is 5090. The van der Waals surface area contributed by atoms with Crippen LogP contribution in [0.4, 0.5) is 13.2 Å². The molecule has 11 aromatic rings. The fourth-order valence-corrected chi connectivity index (χ4v) is 10.0. The quantitative estimate of drug-likeness (QED) is 0.0543. The van der Waals surface area contributed by atoms with Gasteiger partial charge in [-0.25, -0.2) is 13.2 Å². The smallest absolute Gasteiger partial charge is 0.168 e. The van der Waals surface area contributed by atoms with Crippen LogP contribution in [-0.4, -0.2) is 112 Å². The molecule has 0 aliphatic heterocycles. The van der Waals surface area contributed by atoms with Crippen LogP contribution in [0.1, 0.15) is 183 Å². The average molecular weight is 1510 g/mol.